The Morgan fingerprint density at radius 2 is 1.78 bits per heavy atom. The molecule has 0 spiro atoms. The molecule has 0 aliphatic carbocycles. The zero-order valence-corrected chi connectivity index (χ0v) is 19.7. The van der Waals surface area contributed by atoms with Crippen molar-refractivity contribution in [2.45, 2.75) is 23.8 Å². The van der Waals surface area contributed by atoms with Crippen molar-refractivity contribution in [2.24, 2.45) is 0 Å². The van der Waals surface area contributed by atoms with Crippen LogP contribution in [0.3, 0.4) is 0 Å². The lowest BCUT2D eigenvalue weighted by Crippen LogP contribution is -2.56. The highest BCUT2D eigenvalue weighted by Gasteiger charge is 2.34. The molecule has 0 aromatic heterocycles. The first kappa shape index (κ1) is 22.5. The smallest absolute Gasteiger partial charge is 0.253 e. The molecule has 1 atom stereocenters. The van der Waals surface area contributed by atoms with Gasteiger partial charge in [0.25, 0.3) is 5.91 Å². The van der Waals surface area contributed by atoms with Crippen LogP contribution >= 0.6 is 69.6 Å². The van der Waals surface area contributed by atoms with Crippen molar-refractivity contribution in [3.63, 3.8) is 0 Å². The van der Waals surface area contributed by atoms with Crippen molar-refractivity contribution in [2.75, 3.05) is 5.32 Å². The van der Waals surface area contributed by atoms with Crippen LogP contribution in [0, 0.1) is 17.4 Å². The minimum atomic E-state index is -1.81. The average molecular weight is 557 g/mol. The normalized spacial score (nSPS) is 12.2. The molecule has 3 N–H and O–H groups in total. The summed E-state index contributed by atoms with van der Waals surface area (Å²) in [5.41, 5.74) is 3.54. The van der Waals surface area contributed by atoms with E-state index in [1.165, 1.54) is 5.56 Å². The molecule has 4 nitrogen and oxygen atoms in total. The van der Waals surface area contributed by atoms with Crippen molar-refractivity contribution in [3.05, 3.63) is 62.7 Å². The van der Waals surface area contributed by atoms with Gasteiger partial charge in [0.15, 0.2) is 5.11 Å². The summed E-state index contributed by atoms with van der Waals surface area (Å²) >= 11 is 25.5. The number of aryl methyl sites for hydroxylation is 2. The van der Waals surface area contributed by atoms with E-state index < -0.39 is 9.96 Å². The highest BCUT2D eigenvalue weighted by Crippen LogP contribution is 2.29. The third-order valence-corrected chi connectivity index (χ3v) is 5.28. The number of anilines is 1. The van der Waals surface area contributed by atoms with Crippen LogP contribution in [0.1, 0.15) is 21.5 Å². The molecule has 0 aliphatic rings. The molecule has 0 saturated heterocycles. The fourth-order valence-corrected chi connectivity index (χ4v) is 3.27. The van der Waals surface area contributed by atoms with E-state index in [0.717, 1.165) is 14.8 Å². The lowest BCUT2D eigenvalue weighted by Gasteiger charge is -2.28. The molecule has 2 rings (SSSR count). The fraction of sp³-hybridized carbons (Fsp3) is 0.222. The third-order valence-electron chi connectivity index (χ3n) is 3.73. The Morgan fingerprint density at radius 1 is 1.07 bits per heavy atom. The van der Waals surface area contributed by atoms with Crippen LogP contribution in [0.2, 0.25) is 0 Å². The third kappa shape index (κ3) is 6.94. The predicted octanol–water partition coefficient (Wildman–Crippen LogP) is 5.32. The van der Waals surface area contributed by atoms with Gasteiger partial charge in [0.2, 0.25) is 3.79 Å². The summed E-state index contributed by atoms with van der Waals surface area (Å²) < 4.78 is -0.891. The van der Waals surface area contributed by atoms with Gasteiger partial charge in [-0.05, 0) is 90.1 Å². The Labute approximate surface area is 192 Å². The van der Waals surface area contributed by atoms with Crippen LogP contribution < -0.4 is 16.0 Å². The van der Waals surface area contributed by atoms with E-state index in [1.807, 2.05) is 38.1 Å². The van der Waals surface area contributed by atoms with Gasteiger partial charge < -0.3 is 16.0 Å². The number of thiocarbonyl (C=S) groups is 1. The maximum atomic E-state index is 12.5. The number of benzene rings is 2. The van der Waals surface area contributed by atoms with Crippen molar-refractivity contribution >= 4 is 86.3 Å². The van der Waals surface area contributed by atoms with Gasteiger partial charge in [-0.3, -0.25) is 4.79 Å². The molecular formula is C18H17Cl3IN3OS. The minimum Gasteiger partial charge on any atom is -0.339 e. The Bertz CT molecular complexity index is 858. The molecule has 0 bridgehead atoms. The topological polar surface area (TPSA) is 53.2 Å². The largest absolute Gasteiger partial charge is 0.339 e. The average Bonchev–Trinajstić information content (AvgIpc) is 2.56. The molecule has 0 heterocycles. The van der Waals surface area contributed by atoms with Gasteiger partial charge in [-0.15, -0.1) is 0 Å². The van der Waals surface area contributed by atoms with E-state index >= 15 is 0 Å². The lowest BCUT2D eigenvalue weighted by atomic mass is 10.1. The standard InChI is InChI=1S/C18H17Cl3IN3OS/c1-10-6-7-14(8-11(10)2)23-17(27)25-16(18(19,20)21)24-15(26)12-4-3-5-13(22)9-12/h3-9,16H,1-2H3,(H,24,26)(H2,23,25,27). The number of hydrogen-bond donors (Lipinski definition) is 3. The number of amides is 1. The lowest BCUT2D eigenvalue weighted by molar-refractivity contribution is 0.0934. The van der Waals surface area contributed by atoms with Crippen molar-refractivity contribution in [3.8, 4) is 0 Å². The maximum absolute atomic E-state index is 12.5. The van der Waals surface area contributed by atoms with Gasteiger partial charge in [0, 0.05) is 14.8 Å². The second-order valence-corrected chi connectivity index (χ2v) is 9.88. The molecule has 27 heavy (non-hydrogen) atoms. The van der Waals surface area contributed by atoms with E-state index in [2.05, 4.69) is 38.5 Å². The van der Waals surface area contributed by atoms with Crippen molar-refractivity contribution in [1.82, 2.24) is 10.6 Å². The number of rotatable bonds is 4. The second kappa shape index (κ2) is 9.60. The maximum Gasteiger partial charge on any atom is 0.253 e. The summed E-state index contributed by atoms with van der Waals surface area (Å²) in [6, 6.07) is 12.9. The number of halogens is 4. The summed E-state index contributed by atoms with van der Waals surface area (Å²) in [4.78, 5) is 12.5. The van der Waals surface area contributed by atoms with Crippen molar-refractivity contribution < 1.29 is 4.79 Å². The Morgan fingerprint density at radius 3 is 2.37 bits per heavy atom. The van der Waals surface area contributed by atoms with E-state index in [4.69, 9.17) is 47.0 Å². The molecule has 9 heteroatoms. The molecule has 0 aliphatic heterocycles. The van der Waals surface area contributed by atoms with Gasteiger partial charge in [-0.1, -0.05) is 46.9 Å². The Hall–Kier alpha value is -0.800. The number of nitrogens with one attached hydrogen (secondary N) is 3. The summed E-state index contributed by atoms with van der Waals surface area (Å²) in [6.45, 7) is 4.03. The molecule has 1 amide bonds. The highest BCUT2D eigenvalue weighted by atomic mass is 127. The van der Waals surface area contributed by atoms with Gasteiger partial charge in [-0.2, -0.15) is 0 Å². The second-order valence-electron chi connectivity index (χ2n) is 5.86. The number of alkyl halides is 3. The van der Waals surface area contributed by atoms with Crippen LogP contribution in [0.15, 0.2) is 42.5 Å². The fourth-order valence-electron chi connectivity index (χ4n) is 2.16. The van der Waals surface area contributed by atoms with Gasteiger partial charge in [0.1, 0.15) is 6.17 Å². The highest BCUT2D eigenvalue weighted by molar-refractivity contribution is 14.1. The molecule has 144 valence electrons. The molecule has 0 saturated carbocycles. The Balaban J connectivity index is 2.08. The van der Waals surface area contributed by atoms with Gasteiger partial charge in [-0.25, -0.2) is 0 Å². The summed E-state index contributed by atoms with van der Waals surface area (Å²) in [5.74, 6) is -0.383. The number of carbonyl (C=O) groups is 1. The predicted molar refractivity (Wildman–Crippen MR) is 126 cm³/mol. The molecule has 2 aromatic rings. The number of hydrogen-bond acceptors (Lipinski definition) is 2. The zero-order chi connectivity index (χ0) is 20.2. The first-order valence-corrected chi connectivity index (χ1v) is 10.5. The summed E-state index contributed by atoms with van der Waals surface area (Å²) in [7, 11) is 0. The monoisotopic (exact) mass is 555 g/mol. The van der Waals surface area contributed by atoms with Gasteiger partial charge in [0.05, 0.1) is 0 Å². The van der Waals surface area contributed by atoms with E-state index in [-0.39, 0.29) is 11.0 Å². The summed E-state index contributed by atoms with van der Waals surface area (Å²) in [6.07, 6.45) is -1.03. The number of carbonyl (C=O) groups excluding carboxylic acids is 1. The van der Waals surface area contributed by atoms with Crippen LogP contribution in [0.25, 0.3) is 0 Å². The first-order chi connectivity index (χ1) is 12.6. The van der Waals surface area contributed by atoms with E-state index in [0.29, 0.717) is 5.56 Å². The quantitative estimate of drug-likeness (QED) is 0.207. The van der Waals surface area contributed by atoms with Gasteiger partial charge >= 0.3 is 0 Å². The molecule has 0 radical (unpaired) electrons. The van der Waals surface area contributed by atoms with Crippen LogP contribution in [-0.4, -0.2) is 21.0 Å². The molecule has 1 unspecified atom stereocenters. The van der Waals surface area contributed by atoms with Crippen molar-refractivity contribution in [1.29, 1.82) is 0 Å². The molecular weight excluding hydrogens is 540 g/mol. The van der Waals surface area contributed by atoms with E-state index in [9.17, 15) is 4.79 Å². The van der Waals surface area contributed by atoms with E-state index in [1.54, 1.807) is 18.2 Å². The SMILES string of the molecule is Cc1ccc(NC(=S)NC(NC(=O)c2cccc(I)c2)C(Cl)(Cl)Cl)cc1C. The first-order valence-electron chi connectivity index (χ1n) is 7.84. The summed E-state index contributed by atoms with van der Waals surface area (Å²) in [5, 5.41) is 8.75. The minimum absolute atomic E-state index is 0.220. The van der Waals surface area contributed by atoms with Crippen LogP contribution in [0.4, 0.5) is 5.69 Å². The zero-order valence-electron chi connectivity index (χ0n) is 14.4. The van der Waals surface area contributed by atoms with Crippen LogP contribution in [-0.2, 0) is 0 Å². The molecule has 2 aromatic carbocycles. The van der Waals surface area contributed by atoms with Crippen LogP contribution in [0.5, 0.6) is 0 Å². The Kier molecular flexibility index (Phi) is 8.00. The molecule has 0 fully saturated rings.